The van der Waals surface area contributed by atoms with Crippen LogP contribution in [0, 0.1) is 5.92 Å². The van der Waals surface area contributed by atoms with Crippen LogP contribution in [-0.2, 0) is 15.1 Å². The summed E-state index contributed by atoms with van der Waals surface area (Å²) in [5.41, 5.74) is 2.14. The standard InChI is InChI=1S/C22H28N4O2/c1-28-15-14-26-18-8-4-11-23-20(18)25-12-5-9-19(25)22(26)10-13-24(16-22)21(27)17-6-2-3-7-17/h4-5,8-9,11-12,17H,2-3,6-7,10,13-16H2,1H3/t22-/m0/s1. The van der Waals surface area contributed by atoms with E-state index in [0.717, 1.165) is 50.4 Å². The minimum absolute atomic E-state index is 0.216. The Kier molecular flexibility index (Phi) is 4.38. The lowest BCUT2D eigenvalue weighted by molar-refractivity contribution is -0.134. The minimum Gasteiger partial charge on any atom is -0.383 e. The monoisotopic (exact) mass is 380 g/mol. The number of methoxy groups -OCH3 is 1. The van der Waals surface area contributed by atoms with Gasteiger partial charge in [0.1, 0.15) is 5.54 Å². The molecule has 2 fully saturated rings. The lowest BCUT2D eigenvalue weighted by Gasteiger charge is -2.47. The molecule has 4 heterocycles. The number of likely N-dealkylation sites (tertiary alicyclic amines) is 1. The molecule has 1 aliphatic carbocycles. The first-order chi connectivity index (χ1) is 13.7. The lowest BCUT2D eigenvalue weighted by Crippen LogP contribution is -2.54. The maximum absolute atomic E-state index is 13.2. The van der Waals surface area contributed by atoms with Gasteiger partial charge in [0.2, 0.25) is 5.91 Å². The highest BCUT2D eigenvalue weighted by Crippen LogP contribution is 2.47. The largest absolute Gasteiger partial charge is 0.383 e. The topological polar surface area (TPSA) is 50.6 Å². The molecule has 2 aliphatic heterocycles. The van der Waals surface area contributed by atoms with Crippen LogP contribution in [0.3, 0.4) is 0 Å². The number of rotatable bonds is 4. The van der Waals surface area contributed by atoms with Crippen molar-refractivity contribution in [2.45, 2.75) is 37.6 Å². The molecule has 1 saturated carbocycles. The molecule has 28 heavy (non-hydrogen) atoms. The van der Waals surface area contributed by atoms with E-state index in [1.807, 2.05) is 12.3 Å². The number of hydrogen-bond donors (Lipinski definition) is 0. The van der Waals surface area contributed by atoms with Crippen molar-refractivity contribution < 1.29 is 9.53 Å². The van der Waals surface area contributed by atoms with Crippen molar-refractivity contribution in [1.29, 1.82) is 0 Å². The fourth-order valence-corrected chi connectivity index (χ4v) is 5.46. The van der Waals surface area contributed by atoms with Crippen molar-refractivity contribution in [2.24, 2.45) is 5.92 Å². The second-order valence-corrected chi connectivity index (χ2v) is 8.28. The summed E-state index contributed by atoms with van der Waals surface area (Å²) >= 11 is 0. The van der Waals surface area contributed by atoms with Crippen molar-refractivity contribution >= 4 is 11.6 Å². The Balaban J connectivity index is 1.54. The number of anilines is 1. The number of fused-ring (bicyclic) bond motifs is 4. The molecule has 0 aromatic carbocycles. The van der Waals surface area contributed by atoms with Crippen molar-refractivity contribution in [3.8, 4) is 5.82 Å². The number of carbonyl (C=O) groups is 1. The third kappa shape index (κ3) is 2.58. The average molecular weight is 380 g/mol. The summed E-state index contributed by atoms with van der Waals surface area (Å²) in [5.74, 6) is 1.55. The molecule has 2 aromatic rings. The molecule has 6 nitrogen and oxygen atoms in total. The van der Waals surface area contributed by atoms with Crippen molar-refractivity contribution in [3.63, 3.8) is 0 Å². The summed E-state index contributed by atoms with van der Waals surface area (Å²) in [4.78, 5) is 22.4. The van der Waals surface area contributed by atoms with Gasteiger partial charge in [-0.3, -0.25) is 4.79 Å². The van der Waals surface area contributed by atoms with Gasteiger partial charge in [0.05, 0.1) is 18.0 Å². The summed E-state index contributed by atoms with van der Waals surface area (Å²) in [6.45, 7) is 2.99. The third-order valence-corrected chi connectivity index (χ3v) is 6.81. The second-order valence-electron chi connectivity index (χ2n) is 8.28. The summed E-state index contributed by atoms with van der Waals surface area (Å²) in [6.07, 6.45) is 9.37. The van der Waals surface area contributed by atoms with Crippen LogP contribution in [0.25, 0.3) is 5.82 Å². The zero-order chi connectivity index (χ0) is 19.1. The molecule has 1 amide bonds. The highest BCUT2D eigenvalue weighted by Gasteiger charge is 2.51. The van der Waals surface area contributed by atoms with Crippen LogP contribution in [0.4, 0.5) is 5.69 Å². The molecule has 0 N–H and O–H groups in total. The molecule has 148 valence electrons. The number of pyridine rings is 1. The number of amides is 1. The highest BCUT2D eigenvalue weighted by molar-refractivity contribution is 5.80. The molecular weight excluding hydrogens is 352 g/mol. The number of hydrogen-bond acceptors (Lipinski definition) is 4. The predicted octanol–water partition coefficient (Wildman–Crippen LogP) is 2.96. The average Bonchev–Trinajstić information content (AvgIpc) is 3.48. The fourth-order valence-electron chi connectivity index (χ4n) is 5.46. The highest BCUT2D eigenvalue weighted by atomic mass is 16.5. The van der Waals surface area contributed by atoms with Crippen LogP contribution in [0.1, 0.15) is 37.8 Å². The van der Waals surface area contributed by atoms with Gasteiger partial charge in [0, 0.05) is 45.1 Å². The van der Waals surface area contributed by atoms with E-state index >= 15 is 0 Å². The van der Waals surface area contributed by atoms with E-state index in [1.165, 1.54) is 18.5 Å². The van der Waals surface area contributed by atoms with Gasteiger partial charge < -0.3 is 19.1 Å². The Bertz CT molecular complexity index is 873. The first-order valence-electron chi connectivity index (χ1n) is 10.4. The van der Waals surface area contributed by atoms with E-state index in [0.29, 0.717) is 12.5 Å². The molecule has 0 unspecified atom stereocenters. The van der Waals surface area contributed by atoms with Gasteiger partial charge in [-0.2, -0.15) is 0 Å². The fraction of sp³-hybridized carbons (Fsp3) is 0.545. The lowest BCUT2D eigenvalue weighted by atomic mass is 9.89. The van der Waals surface area contributed by atoms with Gasteiger partial charge in [-0.15, -0.1) is 0 Å². The zero-order valence-electron chi connectivity index (χ0n) is 16.5. The molecule has 1 spiro atoms. The normalized spacial score (nSPS) is 24.0. The molecule has 1 saturated heterocycles. The van der Waals surface area contributed by atoms with Crippen molar-refractivity contribution in [2.75, 3.05) is 38.3 Å². The van der Waals surface area contributed by atoms with Gasteiger partial charge in [0.25, 0.3) is 0 Å². The predicted molar refractivity (Wildman–Crippen MR) is 108 cm³/mol. The Morgan fingerprint density at radius 1 is 1.29 bits per heavy atom. The molecular formula is C22H28N4O2. The Labute approximate surface area is 166 Å². The maximum Gasteiger partial charge on any atom is 0.225 e. The van der Waals surface area contributed by atoms with E-state index in [2.05, 4.69) is 43.7 Å². The quantitative estimate of drug-likeness (QED) is 0.818. The van der Waals surface area contributed by atoms with E-state index in [1.54, 1.807) is 7.11 Å². The van der Waals surface area contributed by atoms with Gasteiger partial charge >= 0.3 is 0 Å². The van der Waals surface area contributed by atoms with Crippen LogP contribution in [0.15, 0.2) is 36.7 Å². The second kappa shape index (κ2) is 6.92. The van der Waals surface area contributed by atoms with Crippen LogP contribution in [0.2, 0.25) is 0 Å². The molecule has 2 aromatic heterocycles. The SMILES string of the molecule is COCCN1c2cccnc2-n2cccc2[C@@]12CCN(C(=O)C1CCCC1)C2. The van der Waals surface area contributed by atoms with Crippen molar-refractivity contribution in [3.05, 3.63) is 42.4 Å². The van der Waals surface area contributed by atoms with Gasteiger partial charge in [-0.1, -0.05) is 12.8 Å². The van der Waals surface area contributed by atoms with Crippen LogP contribution in [-0.4, -0.2) is 53.7 Å². The van der Waals surface area contributed by atoms with E-state index in [4.69, 9.17) is 4.74 Å². The van der Waals surface area contributed by atoms with Crippen LogP contribution < -0.4 is 4.90 Å². The van der Waals surface area contributed by atoms with Gasteiger partial charge in [-0.05, 0) is 43.5 Å². The van der Waals surface area contributed by atoms with Crippen LogP contribution >= 0.6 is 0 Å². The number of aromatic nitrogens is 2. The molecule has 5 rings (SSSR count). The number of ether oxygens (including phenoxy) is 1. The Hall–Kier alpha value is -2.34. The van der Waals surface area contributed by atoms with Crippen LogP contribution in [0.5, 0.6) is 0 Å². The molecule has 0 bridgehead atoms. The minimum atomic E-state index is -0.216. The van der Waals surface area contributed by atoms with Gasteiger partial charge in [-0.25, -0.2) is 4.98 Å². The maximum atomic E-state index is 13.2. The molecule has 3 aliphatic rings. The Morgan fingerprint density at radius 2 is 2.14 bits per heavy atom. The van der Waals surface area contributed by atoms with Crippen molar-refractivity contribution in [1.82, 2.24) is 14.5 Å². The summed E-state index contributed by atoms with van der Waals surface area (Å²) in [6, 6.07) is 8.43. The van der Waals surface area contributed by atoms with Gasteiger partial charge in [0.15, 0.2) is 5.82 Å². The first kappa shape index (κ1) is 17.7. The Morgan fingerprint density at radius 3 is 2.96 bits per heavy atom. The van der Waals surface area contributed by atoms with E-state index < -0.39 is 0 Å². The first-order valence-corrected chi connectivity index (χ1v) is 10.4. The summed E-state index contributed by atoms with van der Waals surface area (Å²) in [5, 5.41) is 0. The van der Waals surface area contributed by atoms with E-state index in [9.17, 15) is 4.79 Å². The van der Waals surface area contributed by atoms with E-state index in [-0.39, 0.29) is 11.5 Å². The molecule has 1 atom stereocenters. The molecule has 6 heteroatoms. The molecule has 0 radical (unpaired) electrons. The number of carbonyl (C=O) groups excluding carboxylic acids is 1. The third-order valence-electron chi connectivity index (χ3n) is 6.81. The zero-order valence-corrected chi connectivity index (χ0v) is 16.5. The smallest absolute Gasteiger partial charge is 0.225 e. The number of nitrogens with zero attached hydrogens (tertiary/aromatic N) is 4. The summed E-state index contributed by atoms with van der Waals surface area (Å²) in [7, 11) is 1.74. The summed E-state index contributed by atoms with van der Waals surface area (Å²) < 4.78 is 7.65.